The van der Waals surface area contributed by atoms with E-state index in [-0.39, 0.29) is 23.5 Å². The summed E-state index contributed by atoms with van der Waals surface area (Å²) < 4.78 is 33.7. The van der Waals surface area contributed by atoms with Gasteiger partial charge in [0.1, 0.15) is 5.75 Å². The number of pyridine rings is 1. The number of aryl methyl sites for hydroxylation is 1. The summed E-state index contributed by atoms with van der Waals surface area (Å²) in [6.07, 6.45) is 0. The Morgan fingerprint density at radius 3 is 2.42 bits per heavy atom. The predicted octanol–water partition coefficient (Wildman–Crippen LogP) is 4.89. The van der Waals surface area contributed by atoms with Crippen LogP contribution in [-0.4, -0.2) is 24.8 Å². The molecule has 1 aromatic heterocycles. The number of benzene rings is 3. The molecule has 0 unspecified atom stereocenters. The Labute approximate surface area is 197 Å². The lowest BCUT2D eigenvalue weighted by Gasteiger charge is -2.23. The van der Waals surface area contributed by atoms with Crippen molar-refractivity contribution in [3.05, 3.63) is 105 Å². The first-order valence-electron chi connectivity index (χ1n) is 10.3. The second-order valence-corrected chi connectivity index (χ2v) is 10.1. The summed E-state index contributed by atoms with van der Waals surface area (Å²) in [5.41, 5.74) is 2.19. The van der Waals surface area contributed by atoms with Gasteiger partial charge in [-0.1, -0.05) is 48.0 Å². The number of hydrogen-bond acceptors (Lipinski definition) is 4. The van der Waals surface area contributed by atoms with Crippen LogP contribution < -0.4 is 10.3 Å². The molecule has 3 aromatic carbocycles. The molecule has 0 fully saturated rings. The zero-order valence-corrected chi connectivity index (χ0v) is 19.8. The van der Waals surface area contributed by atoms with E-state index in [4.69, 9.17) is 16.3 Å². The van der Waals surface area contributed by atoms with Crippen LogP contribution in [0.4, 0.5) is 0 Å². The van der Waals surface area contributed by atoms with E-state index in [0.29, 0.717) is 21.9 Å². The molecule has 1 heterocycles. The van der Waals surface area contributed by atoms with E-state index >= 15 is 0 Å². The highest BCUT2D eigenvalue weighted by atomic mass is 35.5. The first-order chi connectivity index (χ1) is 15.8. The molecule has 0 saturated carbocycles. The molecule has 0 bridgehead atoms. The Kier molecular flexibility index (Phi) is 6.56. The standard InChI is InChI=1S/C25H23ClN2O4S/c1-17-8-11-22(14-23(17)26)33(30,31)28(15-18-6-4-3-5-7-18)16-20-12-19-9-10-21(32-2)13-24(19)27-25(20)29/h3-14H,15-16H2,1-2H3,(H,27,29). The molecule has 0 aliphatic carbocycles. The first-order valence-corrected chi connectivity index (χ1v) is 12.1. The maximum Gasteiger partial charge on any atom is 0.252 e. The SMILES string of the molecule is COc1ccc2cc(CN(Cc3ccccc3)S(=O)(=O)c3ccc(C)c(Cl)c3)c(=O)[nH]c2c1. The van der Waals surface area contributed by atoms with Crippen molar-refractivity contribution in [3.63, 3.8) is 0 Å². The lowest BCUT2D eigenvalue weighted by atomic mass is 10.1. The van der Waals surface area contributed by atoms with E-state index in [1.165, 1.54) is 16.4 Å². The molecule has 4 rings (SSSR count). The molecular formula is C25H23ClN2O4S. The highest BCUT2D eigenvalue weighted by Gasteiger charge is 2.26. The maximum absolute atomic E-state index is 13.6. The molecular weight excluding hydrogens is 460 g/mol. The van der Waals surface area contributed by atoms with Crippen molar-refractivity contribution in [2.75, 3.05) is 7.11 Å². The molecule has 0 radical (unpaired) electrons. The number of methoxy groups -OCH3 is 1. The zero-order chi connectivity index (χ0) is 23.6. The van der Waals surface area contributed by atoms with Crippen LogP contribution in [0.1, 0.15) is 16.7 Å². The molecule has 0 atom stereocenters. The minimum Gasteiger partial charge on any atom is -0.497 e. The highest BCUT2D eigenvalue weighted by molar-refractivity contribution is 7.89. The number of nitrogens with one attached hydrogen (secondary N) is 1. The van der Waals surface area contributed by atoms with Gasteiger partial charge in [-0.15, -0.1) is 0 Å². The van der Waals surface area contributed by atoms with Crippen LogP contribution in [0.15, 0.2) is 82.5 Å². The lowest BCUT2D eigenvalue weighted by molar-refractivity contribution is 0.400. The number of sulfonamides is 1. The fourth-order valence-electron chi connectivity index (χ4n) is 3.56. The Morgan fingerprint density at radius 1 is 0.970 bits per heavy atom. The van der Waals surface area contributed by atoms with E-state index in [0.717, 1.165) is 16.5 Å². The monoisotopic (exact) mass is 482 g/mol. The number of aromatic nitrogens is 1. The van der Waals surface area contributed by atoms with Crippen molar-refractivity contribution < 1.29 is 13.2 Å². The molecule has 0 saturated heterocycles. The Balaban J connectivity index is 1.77. The van der Waals surface area contributed by atoms with Gasteiger partial charge < -0.3 is 9.72 Å². The van der Waals surface area contributed by atoms with Gasteiger partial charge in [-0.05, 0) is 53.8 Å². The Morgan fingerprint density at radius 2 is 1.73 bits per heavy atom. The first kappa shape index (κ1) is 23.0. The van der Waals surface area contributed by atoms with Gasteiger partial charge >= 0.3 is 0 Å². The van der Waals surface area contributed by atoms with Crippen LogP contribution >= 0.6 is 11.6 Å². The number of nitrogens with zero attached hydrogens (tertiary/aromatic N) is 1. The number of ether oxygens (including phenoxy) is 1. The largest absolute Gasteiger partial charge is 0.497 e. The van der Waals surface area contributed by atoms with E-state index in [9.17, 15) is 13.2 Å². The topological polar surface area (TPSA) is 79.5 Å². The fraction of sp³-hybridized carbons (Fsp3) is 0.160. The number of fused-ring (bicyclic) bond motifs is 1. The van der Waals surface area contributed by atoms with Gasteiger partial charge in [0.2, 0.25) is 10.0 Å². The lowest BCUT2D eigenvalue weighted by Crippen LogP contribution is -2.32. The normalized spacial score (nSPS) is 11.8. The quantitative estimate of drug-likeness (QED) is 0.406. The fourth-order valence-corrected chi connectivity index (χ4v) is 5.23. The third-order valence-electron chi connectivity index (χ3n) is 5.46. The van der Waals surface area contributed by atoms with Crippen LogP contribution in [0.5, 0.6) is 5.75 Å². The van der Waals surface area contributed by atoms with E-state index in [2.05, 4.69) is 4.98 Å². The number of halogens is 1. The third kappa shape index (κ3) is 4.95. The molecule has 170 valence electrons. The van der Waals surface area contributed by atoms with Gasteiger partial charge in [0, 0.05) is 29.7 Å². The summed E-state index contributed by atoms with van der Waals surface area (Å²) in [6, 6.07) is 21.0. The van der Waals surface area contributed by atoms with Crippen LogP contribution in [0, 0.1) is 6.92 Å². The smallest absolute Gasteiger partial charge is 0.252 e. The summed E-state index contributed by atoms with van der Waals surface area (Å²) in [7, 11) is -2.39. The van der Waals surface area contributed by atoms with Crippen molar-refractivity contribution in [2.45, 2.75) is 24.9 Å². The third-order valence-corrected chi connectivity index (χ3v) is 7.65. The molecule has 1 N–H and O–H groups in total. The second kappa shape index (κ2) is 9.39. The van der Waals surface area contributed by atoms with E-state index < -0.39 is 10.0 Å². The molecule has 8 heteroatoms. The molecule has 6 nitrogen and oxygen atoms in total. The second-order valence-electron chi connectivity index (χ2n) is 7.75. The van der Waals surface area contributed by atoms with E-state index in [1.54, 1.807) is 31.4 Å². The Bertz CT molecular complexity index is 1470. The summed E-state index contributed by atoms with van der Waals surface area (Å²) >= 11 is 6.21. The minimum atomic E-state index is -3.94. The molecule has 0 aliphatic rings. The summed E-state index contributed by atoms with van der Waals surface area (Å²) in [5.74, 6) is 0.621. The van der Waals surface area contributed by atoms with Crippen molar-refractivity contribution >= 4 is 32.5 Å². The highest BCUT2D eigenvalue weighted by Crippen LogP contribution is 2.26. The van der Waals surface area contributed by atoms with Crippen LogP contribution in [-0.2, 0) is 23.1 Å². The number of rotatable bonds is 7. The van der Waals surface area contributed by atoms with Crippen LogP contribution in [0.3, 0.4) is 0 Å². The van der Waals surface area contributed by atoms with Crippen LogP contribution in [0.2, 0.25) is 5.02 Å². The number of hydrogen-bond donors (Lipinski definition) is 1. The van der Waals surface area contributed by atoms with Gasteiger partial charge in [-0.2, -0.15) is 4.31 Å². The van der Waals surface area contributed by atoms with Gasteiger partial charge in [0.05, 0.1) is 17.5 Å². The number of aromatic amines is 1. The summed E-state index contributed by atoms with van der Waals surface area (Å²) in [5, 5.41) is 1.15. The van der Waals surface area contributed by atoms with Crippen molar-refractivity contribution in [3.8, 4) is 5.75 Å². The molecule has 0 aliphatic heterocycles. The average molecular weight is 483 g/mol. The van der Waals surface area contributed by atoms with Crippen molar-refractivity contribution in [1.29, 1.82) is 0 Å². The average Bonchev–Trinajstić information content (AvgIpc) is 2.81. The van der Waals surface area contributed by atoms with Gasteiger partial charge in [0.25, 0.3) is 5.56 Å². The molecule has 33 heavy (non-hydrogen) atoms. The van der Waals surface area contributed by atoms with Gasteiger partial charge in [0.15, 0.2) is 0 Å². The summed E-state index contributed by atoms with van der Waals surface area (Å²) in [4.78, 5) is 15.8. The van der Waals surface area contributed by atoms with E-state index in [1.807, 2.05) is 43.3 Å². The summed E-state index contributed by atoms with van der Waals surface area (Å²) in [6.45, 7) is 1.82. The predicted molar refractivity (Wildman–Crippen MR) is 130 cm³/mol. The van der Waals surface area contributed by atoms with Gasteiger partial charge in [-0.3, -0.25) is 4.79 Å². The number of H-pyrrole nitrogens is 1. The zero-order valence-electron chi connectivity index (χ0n) is 18.2. The molecule has 4 aromatic rings. The van der Waals surface area contributed by atoms with Crippen molar-refractivity contribution in [1.82, 2.24) is 9.29 Å². The maximum atomic E-state index is 13.6. The van der Waals surface area contributed by atoms with Crippen LogP contribution in [0.25, 0.3) is 10.9 Å². The van der Waals surface area contributed by atoms with Gasteiger partial charge in [-0.25, -0.2) is 8.42 Å². The minimum absolute atomic E-state index is 0.0796. The molecule has 0 amide bonds. The van der Waals surface area contributed by atoms with Crippen molar-refractivity contribution in [2.24, 2.45) is 0 Å². The Hall–Kier alpha value is -3.13. The molecule has 0 spiro atoms.